The van der Waals surface area contributed by atoms with Crippen molar-refractivity contribution < 1.29 is 9.72 Å². The zero-order valence-electron chi connectivity index (χ0n) is 11.3. The first-order chi connectivity index (χ1) is 10.0. The van der Waals surface area contributed by atoms with E-state index < -0.39 is 4.92 Å². The van der Waals surface area contributed by atoms with Crippen molar-refractivity contribution in [3.05, 3.63) is 62.0 Å². The molecule has 0 radical (unpaired) electrons. The standard InChI is InChI=1S/C14H13ClN2O3S/c1-2-16(9-10-4-3-5-11(15)8-10)14(18)12-6-7-13(21-12)17(19)20/h3-8H,2,9H2,1H3. The molecular formula is C14H13ClN2O3S. The summed E-state index contributed by atoms with van der Waals surface area (Å²) in [5.74, 6) is -0.212. The third kappa shape index (κ3) is 3.80. The molecule has 0 saturated heterocycles. The molecule has 1 heterocycles. The molecule has 110 valence electrons. The molecule has 0 unspecified atom stereocenters. The van der Waals surface area contributed by atoms with E-state index in [1.165, 1.54) is 12.1 Å². The van der Waals surface area contributed by atoms with Crippen LogP contribution >= 0.6 is 22.9 Å². The Kier molecular flexibility index (Phi) is 4.93. The molecule has 0 fully saturated rings. The smallest absolute Gasteiger partial charge is 0.324 e. The summed E-state index contributed by atoms with van der Waals surface area (Å²) in [4.78, 5) is 24.6. The summed E-state index contributed by atoms with van der Waals surface area (Å²) in [6.07, 6.45) is 0. The van der Waals surface area contributed by atoms with Gasteiger partial charge in [0.25, 0.3) is 5.91 Å². The lowest BCUT2D eigenvalue weighted by Gasteiger charge is -2.20. The minimum atomic E-state index is -0.491. The van der Waals surface area contributed by atoms with E-state index in [4.69, 9.17) is 11.6 Å². The number of carbonyl (C=O) groups excluding carboxylic acids is 1. The van der Waals surface area contributed by atoms with E-state index in [2.05, 4.69) is 0 Å². The first kappa shape index (κ1) is 15.5. The van der Waals surface area contributed by atoms with Crippen molar-refractivity contribution in [3.63, 3.8) is 0 Å². The highest BCUT2D eigenvalue weighted by atomic mass is 35.5. The second-order valence-electron chi connectivity index (χ2n) is 4.34. The lowest BCUT2D eigenvalue weighted by atomic mass is 10.2. The zero-order valence-corrected chi connectivity index (χ0v) is 12.9. The van der Waals surface area contributed by atoms with E-state index >= 15 is 0 Å². The minimum Gasteiger partial charge on any atom is -0.334 e. The summed E-state index contributed by atoms with van der Waals surface area (Å²) in [5, 5.41) is 11.3. The van der Waals surface area contributed by atoms with E-state index in [1.807, 2.05) is 19.1 Å². The van der Waals surface area contributed by atoms with Crippen molar-refractivity contribution in [1.82, 2.24) is 4.90 Å². The average Bonchev–Trinajstić information content (AvgIpc) is 2.94. The summed E-state index contributed by atoms with van der Waals surface area (Å²) >= 11 is 6.82. The average molecular weight is 325 g/mol. The SMILES string of the molecule is CCN(Cc1cccc(Cl)c1)C(=O)c1ccc([N+](=O)[O-])s1. The largest absolute Gasteiger partial charge is 0.334 e. The van der Waals surface area contributed by atoms with E-state index in [9.17, 15) is 14.9 Å². The van der Waals surface area contributed by atoms with Crippen LogP contribution in [-0.4, -0.2) is 22.3 Å². The maximum absolute atomic E-state index is 12.4. The Balaban J connectivity index is 2.16. The number of rotatable bonds is 5. The van der Waals surface area contributed by atoms with Crippen LogP contribution in [0, 0.1) is 10.1 Å². The summed E-state index contributed by atoms with van der Waals surface area (Å²) in [7, 11) is 0. The molecule has 1 aromatic carbocycles. The summed E-state index contributed by atoms with van der Waals surface area (Å²) in [6.45, 7) is 2.79. The van der Waals surface area contributed by atoms with Gasteiger partial charge in [0.1, 0.15) is 0 Å². The minimum absolute atomic E-state index is 0.0304. The lowest BCUT2D eigenvalue weighted by Crippen LogP contribution is -2.29. The van der Waals surface area contributed by atoms with Gasteiger partial charge in [-0.25, -0.2) is 0 Å². The Bertz CT molecular complexity index is 672. The highest BCUT2D eigenvalue weighted by Gasteiger charge is 2.20. The Hall–Kier alpha value is -1.92. The van der Waals surface area contributed by atoms with Gasteiger partial charge in [0, 0.05) is 24.2 Å². The number of halogens is 1. The third-order valence-electron chi connectivity index (χ3n) is 2.91. The molecular weight excluding hydrogens is 312 g/mol. The van der Waals surface area contributed by atoms with Crippen molar-refractivity contribution in [2.24, 2.45) is 0 Å². The van der Waals surface area contributed by atoms with Crippen LogP contribution in [-0.2, 0) is 6.54 Å². The number of thiophene rings is 1. The number of nitrogens with zero attached hydrogens (tertiary/aromatic N) is 2. The maximum atomic E-state index is 12.4. The van der Waals surface area contributed by atoms with Crippen LogP contribution in [0.1, 0.15) is 22.2 Å². The molecule has 21 heavy (non-hydrogen) atoms. The number of amides is 1. The Morgan fingerprint density at radius 3 is 2.71 bits per heavy atom. The number of hydrogen-bond donors (Lipinski definition) is 0. The van der Waals surface area contributed by atoms with E-state index in [1.54, 1.807) is 17.0 Å². The lowest BCUT2D eigenvalue weighted by molar-refractivity contribution is -0.380. The Morgan fingerprint density at radius 1 is 1.38 bits per heavy atom. The van der Waals surface area contributed by atoms with Crippen LogP contribution in [0.15, 0.2) is 36.4 Å². The second kappa shape index (κ2) is 6.69. The monoisotopic (exact) mass is 324 g/mol. The fourth-order valence-corrected chi connectivity index (χ4v) is 2.88. The van der Waals surface area contributed by atoms with Crippen LogP contribution in [0.3, 0.4) is 0 Å². The molecule has 0 spiro atoms. The van der Waals surface area contributed by atoms with Gasteiger partial charge in [-0.15, -0.1) is 0 Å². The van der Waals surface area contributed by atoms with Gasteiger partial charge in [-0.1, -0.05) is 35.1 Å². The van der Waals surface area contributed by atoms with Gasteiger partial charge in [-0.3, -0.25) is 14.9 Å². The molecule has 5 nitrogen and oxygen atoms in total. The molecule has 0 aliphatic carbocycles. The van der Waals surface area contributed by atoms with Crippen molar-refractivity contribution in [1.29, 1.82) is 0 Å². The van der Waals surface area contributed by atoms with E-state index in [0.717, 1.165) is 16.9 Å². The highest BCUT2D eigenvalue weighted by Crippen LogP contribution is 2.25. The topological polar surface area (TPSA) is 63.5 Å². The maximum Gasteiger partial charge on any atom is 0.324 e. The van der Waals surface area contributed by atoms with E-state index in [0.29, 0.717) is 23.0 Å². The quantitative estimate of drug-likeness (QED) is 0.617. The normalized spacial score (nSPS) is 10.4. The molecule has 0 bridgehead atoms. The first-order valence-corrected chi connectivity index (χ1v) is 7.48. The number of nitro groups is 1. The summed E-state index contributed by atoms with van der Waals surface area (Å²) in [6, 6.07) is 10.1. The van der Waals surface area contributed by atoms with Crippen molar-refractivity contribution in [2.75, 3.05) is 6.54 Å². The predicted octanol–water partition coefficient (Wildman–Crippen LogP) is 3.97. The van der Waals surface area contributed by atoms with Crippen molar-refractivity contribution in [2.45, 2.75) is 13.5 Å². The van der Waals surface area contributed by atoms with Crippen molar-refractivity contribution >= 4 is 33.8 Å². The highest BCUT2D eigenvalue weighted by molar-refractivity contribution is 7.17. The third-order valence-corrected chi connectivity index (χ3v) is 4.17. The van der Waals surface area contributed by atoms with Crippen LogP contribution in [0.4, 0.5) is 5.00 Å². The Labute approximate surface area is 130 Å². The molecule has 1 amide bonds. The van der Waals surface area contributed by atoms with Crippen LogP contribution in [0.25, 0.3) is 0 Å². The van der Waals surface area contributed by atoms with Gasteiger partial charge in [0.2, 0.25) is 0 Å². The van der Waals surface area contributed by atoms with Gasteiger partial charge in [0.15, 0.2) is 0 Å². The summed E-state index contributed by atoms with van der Waals surface area (Å²) in [5.41, 5.74) is 0.920. The van der Waals surface area contributed by atoms with Gasteiger partial charge >= 0.3 is 5.00 Å². The van der Waals surface area contributed by atoms with Gasteiger partial charge in [0.05, 0.1) is 9.80 Å². The van der Waals surface area contributed by atoms with Gasteiger partial charge in [-0.2, -0.15) is 0 Å². The molecule has 2 aromatic rings. The van der Waals surface area contributed by atoms with Crippen LogP contribution < -0.4 is 0 Å². The van der Waals surface area contributed by atoms with Gasteiger partial charge < -0.3 is 4.90 Å². The molecule has 0 saturated carbocycles. The molecule has 2 rings (SSSR count). The molecule has 1 aromatic heterocycles. The molecule has 7 heteroatoms. The summed E-state index contributed by atoms with van der Waals surface area (Å²) < 4.78 is 0. The fraction of sp³-hybridized carbons (Fsp3) is 0.214. The number of benzene rings is 1. The van der Waals surface area contributed by atoms with E-state index in [-0.39, 0.29) is 10.9 Å². The second-order valence-corrected chi connectivity index (χ2v) is 5.84. The van der Waals surface area contributed by atoms with Crippen LogP contribution in [0.5, 0.6) is 0 Å². The fourth-order valence-electron chi connectivity index (χ4n) is 1.88. The number of hydrogen-bond acceptors (Lipinski definition) is 4. The molecule has 0 atom stereocenters. The predicted molar refractivity (Wildman–Crippen MR) is 82.8 cm³/mol. The first-order valence-electron chi connectivity index (χ1n) is 6.29. The molecule has 0 aliphatic rings. The molecule has 0 aliphatic heterocycles. The van der Waals surface area contributed by atoms with Gasteiger partial charge in [-0.05, 0) is 30.7 Å². The Morgan fingerprint density at radius 2 is 2.14 bits per heavy atom. The number of carbonyl (C=O) groups is 1. The zero-order chi connectivity index (χ0) is 15.4. The van der Waals surface area contributed by atoms with Crippen molar-refractivity contribution in [3.8, 4) is 0 Å². The molecule has 0 N–H and O–H groups in total. The van der Waals surface area contributed by atoms with Crippen LogP contribution in [0.2, 0.25) is 5.02 Å².